The predicted octanol–water partition coefficient (Wildman–Crippen LogP) is 2.23. The van der Waals surface area contributed by atoms with Gasteiger partial charge in [0.1, 0.15) is 0 Å². The fraction of sp³-hybridized carbons (Fsp3) is 0.400. The second-order valence-corrected chi connectivity index (χ2v) is 5.95. The topological polar surface area (TPSA) is 50.1 Å². The van der Waals surface area contributed by atoms with Gasteiger partial charge in [-0.1, -0.05) is 30.3 Å². The van der Waals surface area contributed by atoms with Crippen LogP contribution in [0.15, 0.2) is 47.2 Å². The molecule has 0 radical (unpaired) electrons. The molecule has 2 rings (SSSR count). The van der Waals surface area contributed by atoms with Gasteiger partial charge in [0.25, 0.3) is 0 Å². The van der Waals surface area contributed by atoms with Gasteiger partial charge in [-0.3, -0.25) is 4.68 Å². The van der Waals surface area contributed by atoms with Crippen LogP contribution in [0.4, 0.5) is 0 Å². The van der Waals surface area contributed by atoms with Gasteiger partial charge in [-0.2, -0.15) is 5.10 Å². The van der Waals surface area contributed by atoms with E-state index in [0.717, 1.165) is 16.6 Å². The lowest BCUT2D eigenvalue weighted by molar-refractivity contribution is 0.166. The Hall–Kier alpha value is -1.17. The number of nitrogens with one attached hydrogen (secondary N) is 1. The van der Waals surface area contributed by atoms with E-state index in [9.17, 15) is 5.11 Å². The molecule has 0 aliphatic carbocycles. The van der Waals surface area contributed by atoms with Crippen LogP contribution in [-0.4, -0.2) is 33.6 Å². The fourth-order valence-electron chi connectivity index (χ4n) is 2.08. The highest BCUT2D eigenvalue weighted by Crippen LogP contribution is 2.07. The first-order valence-electron chi connectivity index (χ1n) is 6.77. The third kappa shape index (κ3) is 5.07. The van der Waals surface area contributed by atoms with E-state index in [1.165, 1.54) is 0 Å². The van der Waals surface area contributed by atoms with E-state index in [1.807, 2.05) is 41.2 Å². The zero-order valence-electron chi connectivity index (χ0n) is 11.5. The maximum absolute atomic E-state index is 10.0. The first-order valence-corrected chi connectivity index (χ1v) is 7.56. The van der Waals surface area contributed by atoms with E-state index in [4.69, 9.17) is 0 Å². The van der Waals surface area contributed by atoms with Crippen molar-refractivity contribution in [2.75, 3.05) is 6.54 Å². The van der Waals surface area contributed by atoms with E-state index in [2.05, 4.69) is 33.3 Å². The molecule has 5 heteroatoms. The number of aromatic nitrogens is 2. The molecule has 0 saturated carbocycles. The van der Waals surface area contributed by atoms with Gasteiger partial charge in [-0.25, -0.2) is 0 Å². The highest BCUT2D eigenvalue weighted by molar-refractivity contribution is 9.10. The number of aliphatic hydroxyl groups excluding tert-OH is 1. The Morgan fingerprint density at radius 1 is 1.35 bits per heavy atom. The fourth-order valence-corrected chi connectivity index (χ4v) is 2.41. The van der Waals surface area contributed by atoms with E-state index < -0.39 is 0 Å². The van der Waals surface area contributed by atoms with Crippen LogP contribution in [-0.2, 0) is 13.0 Å². The summed E-state index contributed by atoms with van der Waals surface area (Å²) < 4.78 is 2.86. The molecule has 0 saturated heterocycles. The molecule has 1 aromatic carbocycles. The zero-order valence-corrected chi connectivity index (χ0v) is 13.1. The molecule has 0 fully saturated rings. The third-order valence-electron chi connectivity index (χ3n) is 3.08. The summed E-state index contributed by atoms with van der Waals surface area (Å²) in [5, 5.41) is 17.6. The summed E-state index contributed by atoms with van der Waals surface area (Å²) >= 11 is 3.38. The zero-order chi connectivity index (χ0) is 14.4. The average Bonchev–Trinajstić information content (AvgIpc) is 2.83. The molecule has 4 nitrogen and oxygen atoms in total. The molecule has 2 aromatic rings. The highest BCUT2D eigenvalue weighted by Gasteiger charge is 2.09. The molecule has 1 heterocycles. The molecule has 0 aliphatic rings. The van der Waals surface area contributed by atoms with Gasteiger partial charge in [0.2, 0.25) is 0 Å². The van der Waals surface area contributed by atoms with Crippen LogP contribution in [0.2, 0.25) is 0 Å². The standard InChI is InChI=1S/C15H20BrN3O/c1-12(10-19-11-14(16)8-18-19)17-9-15(20)7-13-5-3-2-4-6-13/h2-6,8,11-12,15,17,20H,7,9-10H2,1H3. The molecular weight excluding hydrogens is 318 g/mol. The van der Waals surface area contributed by atoms with Crippen molar-refractivity contribution in [3.8, 4) is 0 Å². The Labute approximate surface area is 127 Å². The van der Waals surface area contributed by atoms with E-state index >= 15 is 0 Å². The largest absolute Gasteiger partial charge is 0.391 e. The number of nitrogens with zero attached hydrogens (tertiary/aromatic N) is 2. The van der Waals surface area contributed by atoms with Crippen molar-refractivity contribution in [3.63, 3.8) is 0 Å². The molecule has 0 bridgehead atoms. The molecule has 1 aromatic heterocycles. The summed E-state index contributed by atoms with van der Waals surface area (Å²) in [6, 6.07) is 10.3. The van der Waals surface area contributed by atoms with Gasteiger partial charge in [0, 0.05) is 18.8 Å². The quantitative estimate of drug-likeness (QED) is 0.814. The van der Waals surface area contributed by atoms with Gasteiger partial charge in [-0.15, -0.1) is 0 Å². The van der Waals surface area contributed by atoms with Crippen LogP contribution in [0.1, 0.15) is 12.5 Å². The van der Waals surface area contributed by atoms with E-state index in [-0.39, 0.29) is 12.1 Å². The number of aliphatic hydroxyl groups is 1. The molecule has 20 heavy (non-hydrogen) atoms. The predicted molar refractivity (Wildman–Crippen MR) is 83.5 cm³/mol. The first-order chi connectivity index (χ1) is 9.63. The number of benzene rings is 1. The summed E-state index contributed by atoms with van der Waals surface area (Å²) in [7, 11) is 0. The Bertz CT molecular complexity index is 515. The minimum atomic E-state index is -0.371. The van der Waals surface area contributed by atoms with Gasteiger partial charge in [-0.05, 0) is 34.8 Å². The maximum Gasteiger partial charge on any atom is 0.0704 e. The molecule has 108 valence electrons. The third-order valence-corrected chi connectivity index (χ3v) is 3.49. The Kier molecular flexibility index (Phi) is 5.76. The Morgan fingerprint density at radius 2 is 2.10 bits per heavy atom. The van der Waals surface area contributed by atoms with Crippen molar-refractivity contribution in [1.82, 2.24) is 15.1 Å². The van der Waals surface area contributed by atoms with Gasteiger partial charge in [0.15, 0.2) is 0 Å². The number of halogens is 1. The van der Waals surface area contributed by atoms with E-state index in [1.54, 1.807) is 6.20 Å². The van der Waals surface area contributed by atoms with Crippen molar-refractivity contribution in [2.24, 2.45) is 0 Å². The maximum atomic E-state index is 10.0. The molecule has 2 atom stereocenters. The lowest BCUT2D eigenvalue weighted by Gasteiger charge is -2.17. The molecule has 0 amide bonds. The van der Waals surface area contributed by atoms with Gasteiger partial charge in [0.05, 0.1) is 23.3 Å². The second kappa shape index (κ2) is 7.57. The van der Waals surface area contributed by atoms with Gasteiger partial charge >= 0.3 is 0 Å². The van der Waals surface area contributed by atoms with Crippen molar-refractivity contribution in [2.45, 2.75) is 32.0 Å². The molecule has 2 N–H and O–H groups in total. The van der Waals surface area contributed by atoms with Crippen LogP contribution in [0.5, 0.6) is 0 Å². The van der Waals surface area contributed by atoms with Gasteiger partial charge < -0.3 is 10.4 Å². The van der Waals surface area contributed by atoms with Crippen LogP contribution < -0.4 is 5.32 Å². The van der Waals surface area contributed by atoms with Crippen LogP contribution in [0, 0.1) is 0 Å². The Morgan fingerprint density at radius 3 is 2.75 bits per heavy atom. The smallest absolute Gasteiger partial charge is 0.0704 e. The van der Waals surface area contributed by atoms with Crippen molar-refractivity contribution in [3.05, 3.63) is 52.8 Å². The number of rotatable bonds is 7. The first kappa shape index (κ1) is 15.2. The molecular formula is C15H20BrN3O. The number of hydrogen-bond donors (Lipinski definition) is 2. The normalized spacial score (nSPS) is 14.2. The summed E-state index contributed by atoms with van der Waals surface area (Å²) in [5.41, 5.74) is 1.16. The lowest BCUT2D eigenvalue weighted by Crippen LogP contribution is -2.37. The van der Waals surface area contributed by atoms with Crippen molar-refractivity contribution < 1.29 is 5.11 Å². The molecule has 2 unspecified atom stereocenters. The summed E-state index contributed by atoms with van der Waals surface area (Å²) in [6.45, 7) is 3.45. The Balaban J connectivity index is 1.71. The van der Waals surface area contributed by atoms with E-state index in [0.29, 0.717) is 13.0 Å². The minimum absolute atomic E-state index is 0.257. The van der Waals surface area contributed by atoms with Crippen molar-refractivity contribution in [1.29, 1.82) is 0 Å². The van der Waals surface area contributed by atoms with Crippen molar-refractivity contribution >= 4 is 15.9 Å². The lowest BCUT2D eigenvalue weighted by atomic mass is 10.1. The van der Waals surface area contributed by atoms with Crippen LogP contribution in [0.3, 0.4) is 0 Å². The highest BCUT2D eigenvalue weighted by atomic mass is 79.9. The monoisotopic (exact) mass is 337 g/mol. The summed E-state index contributed by atoms with van der Waals surface area (Å²) in [4.78, 5) is 0. The minimum Gasteiger partial charge on any atom is -0.391 e. The molecule has 0 spiro atoms. The average molecular weight is 338 g/mol. The van der Waals surface area contributed by atoms with Crippen LogP contribution in [0.25, 0.3) is 0 Å². The summed E-state index contributed by atoms with van der Waals surface area (Å²) in [5.74, 6) is 0. The summed E-state index contributed by atoms with van der Waals surface area (Å²) in [6.07, 6.45) is 4.02. The SMILES string of the molecule is CC(Cn1cc(Br)cn1)NCC(O)Cc1ccccc1. The molecule has 0 aliphatic heterocycles. The number of hydrogen-bond acceptors (Lipinski definition) is 3. The van der Waals surface area contributed by atoms with Crippen LogP contribution >= 0.6 is 15.9 Å². The second-order valence-electron chi connectivity index (χ2n) is 5.03.